The minimum Gasteiger partial charge on any atom is -0.322 e. The van der Waals surface area contributed by atoms with Crippen LogP contribution in [0.3, 0.4) is 0 Å². The van der Waals surface area contributed by atoms with Crippen molar-refractivity contribution in [3.8, 4) is 0 Å². The van der Waals surface area contributed by atoms with Crippen LogP contribution >= 0.6 is 0 Å². The van der Waals surface area contributed by atoms with E-state index in [1.807, 2.05) is 50.2 Å². The summed E-state index contributed by atoms with van der Waals surface area (Å²) in [5, 5.41) is 2.90. The van der Waals surface area contributed by atoms with E-state index in [0.29, 0.717) is 5.69 Å². The number of sulfonamides is 1. The minimum atomic E-state index is -3.83. The second kappa shape index (κ2) is 8.71. The van der Waals surface area contributed by atoms with Crippen molar-refractivity contribution >= 4 is 27.3 Å². The third-order valence-corrected chi connectivity index (χ3v) is 6.23. The molecule has 2 N–H and O–H groups in total. The van der Waals surface area contributed by atoms with Gasteiger partial charge < -0.3 is 5.32 Å². The first-order valence-corrected chi connectivity index (χ1v) is 11.3. The van der Waals surface area contributed by atoms with Crippen LogP contribution in [0.4, 0.5) is 11.4 Å². The maximum atomic E-state index is 12.9. The molecule has 6 heteroatoms. The largest absolute Gasteiger partial charge is 0.322 e. The number of hydrogen-bond acceptors (Lipinski definition) is 3. The van der Waals surface area contributed by atoms with E-state index in [9.17, 15) is 13.2 Å². The topological polar surface area (TPSA) is 75.3 Å². The van der Waals surface area contributed by atoms with Gasteiger partial charge in [-0.1, -0.05) is 55.8 Å². The zero-order valence-electron chi connectivity index (χ0n) is 17.6. The summed E-state index contributed by atoms with van der Waals surface area (Å²) in [7, 11) is -3.83. The molecule has 0 atom stereocenters. The molecule has 3 aromatic rings. The summed E-state index contributed by atoms with van der Waals surface area (Å²) >= 11 is 0. The van der Waals surface area contributed by atoms with E-state index >= 15 is 0 Å². The number of para-hydroxylation sites is 1. The highest BCUT2D eigenvalue weighted by atomic mass is 32.2. The summed E-state index contributed by atoms with van der Waals surface area (Å²) in [5.74, 6) is -0.109. The van der Waals surface area contributed by atoms with Crippen molar-refractivity contribution in [2.75, 3.05) is 10.0 Å². The van der Waals surface area contributed by atoms with Crippen LogP contribution in [-0.4, -0.2) is 14.3 Å². The molecule has 0 saturated heterocycles. The molecule has 5 nitrogen and oxygen atoms in total. The Morgan fingerprint density at radius 2 is 1.60 bits per heavy atom. The summed E-state index contributed by atoms with van der Waals surface area (Å²) in [5.41, 5.74) is 4.41. The third-order valence-electron chi connectivity index (χ3n) is 4.86. The van der Waals surface area contributed by atoms with Crippen LogP contribution < -0.4 is 10.0 Å². The van der Waals surface area contributed by atoms with E-state index in [4.69, 9.17) is 0 Å². The fourth-order valence-electron chi connectivity index (χ4n) is 3.25. The lowest BCUT2D eigenvalue weighted by Crippen LogP contribution is -2.17. The molecular formula is C24H26N2O3S. The Labute approximate surface area is 178 Å². The molecule has 3 rings (SSSR count). The van der Waals surface area contributed by atoms with Crippen LogP contribution in [0, 0.1) is 13.8 Å². The Kier molecular flexibility index (Phi) is 6.27. The number of benzene rings is 3. The molecule has 0 unspecified atom stereocenters. The van der Waals surface area contributed by atoms with Gasteiger partial charge >= 0.3 is 0 Å². The van der Waals surface area contributed by atoms with Crippen LogP contribution in [0.15, 0.2) is 71.6 Å². The van der Waals surface area contributed by atoms with Gasteiger partial charge in [0, 0.05) is 11.3 Å². The van der Waals surface area contributed by atoms with Crippen LogP contribution in [0.5, 0.6) is 0 Å². The molecule has 3 aromatic carbocycles. The quantitative estimate of drug-likeness (QED) is 0.552. The van der Waals surface area contributed by atoms with Crippen molar-refractivity contribution in [3.05, 3.63) is 89.0 Å². The SMILES string of the molecule is Cc1ccc(NS(=O)(=O)c2cccc(C(=O)Nc3ccccc3C(C)C)c2)c(C)c1. The van der Waals surface area contributed by atoms with Gasteiger partial charge in [0.25, 0.3) is 15.9 Å². The van der Waals surface area contributed by atoms with E-state index in [2.05, 4.69) is 23.9 Å². The second-order valence-corrected chi connectivity index (χ2v) is 9.33. The van der Waals surface area contributed by atoms with Gasteiger partial charge in [-0.05, 0) is 61.2 Å². The molecule has 0 fully saturated rings. The van der Waals surface area contributed by atoms with Crippen LogP contribution in [0.2, 0.25) is 0 Å². The first-order chi connectivity index (χ1) is 14.2. The highest BCUT2D eigenvalue weighted by molar-refractivity contribution is 7.92. The van der Waals surface area contributed by atoms with Gasteiger partial charge in [-0.3, -0.25) is 9.52 Å². The Bertz CT molecular complexity index is 1180. The van der Waals surface area contributed by atoms with Crippen LogP contribution in [0.1, 0.15) is 46.8 Å². The van der Waals surface area contributed by atoms with E-state index in [0.717, 1.165) is 22.4 Å². The van der Waals surface area contributed by atoms with Crippen molar-refractivity contribution in [3.63, 3.8) is 0 Å². The van der Waals surface area contributed by atoms with Gasteiger partial charge in [-0.2, -0.15) is 0 Å². The van der Waals surface area contributed by atoms with Crippen molar-refractivity contribution < 1.29 is 13.2 Å². The molecule has 30 heavy (non-hydrogen) atoms. The zero-order chi connectivity index (χ0) is 21.9. The first kappa shape index (κ1) is 21.6. The van der Waals surface area contributed by atoms with Gasteiger partial charge in [-0.15, -0.1) is 0 Å². The number of amides is 1. The fourth-order valence-corrected chi connectivity index (χ4v) is 4.42. The predicted octanol–water partition coefficient (Wildman–Crippen LogP) is 5.48. The lowest BCUT2D eigenvalue weighted by Gasteiger charge is -2.14. The van der Waals surface area contributed by atoms with Gasteiger partial charge in [0.15, 0.2) is 0 Å². The Morgan fingerprint density at radius 1 is 0.867 bits per heavy atom. The predicted molar refractivity (Wildman–Crippen MR) is 122 cm³/mol. The molecular weight excluding hydrogens is 396 g/mol. The highest BCUT2D eigenvalue weighted by Crippen LogP contribution is 2.25. The fraction of sp³-hybridized carbons (Fsp3) is 0.208. The number of carbonyl (C=O) groups is 1. The van der Waals surface area contributed by atoms with Crippen LogP contribution in [0.25, 0.3) is 0 Å². The lowest BCUT2D eigenvalue weighted by molar-refractivity contribution is 0.102. The molecule has 0 heterocycles. The van der Waals surface area contributed by atoms with Crippen molar-refractivity contribution in [2.45, 2.75) is 38.5 Å². The normalized spacial score (nSPS) is 11.4. The maximum Gasteiger partial charge on any atom is 0.261 e. The summed E-state index contributed by atoms with van der Waals surface area (Å²) in [6.07, 6.45) is 0. The van der Waals surface area contributed by atoms with Gasteiger partial charge in [-0.25, -0.2) is 8.42 Å². The highest BCUT2D eigenvalue weighted by Gasteiger charge is 2.18. The number of aryl methyl sites for hydroxylation is 2. The van der Waals surface area contributed by atoms with E-state index in [1.54, 1.807) is 18.2 Å². The van der Waals surface area contributed by atoms with E-state index in [-0.39, 0.29) is 22.3 Å². The molecule has 0 saturated carbocycles. The van der Waals surface area contributed by atoms with Crippen molar-refractivity contribution in [1.29, 1.82) is 0 Å². The first-order valence-electron chi connectivity index (χ1n) is 9.78. The molecule has 0 aliphatic rings. The second-order valence-electron chi connectivity index (χ2n) is 7.65. The number of anilines is 2. The average Bonchev–Trinajstić information content (AvgIpc) is 2.70. The zero-order valence-corrected chi connectivity index (χ0v) is 18.4. The minimum absolute atomic E-state index is 0.0345. The molecule has 1 amide bonds. The lowest BCUT2D eigenvalue weighted by atomic mass is 10.0. The standard InChI is InChI=1S/C24H26N2O3S/c1-16(2)21-10-5-6-11-23(21)25-24(27)19-8-7-9-20(15-19)30(28,29)26-22-13-12-17(3)14-18(22)4/h5-16,26H,1-4H3,(H,25,27). The van der Waals surface area contributed by atoms with Crippen molar-refractivity contribution in [1.82, 2.24) is 0 Å². The van der Waals surface area contributed by atoms with Gasteiger partial charge in [0.2, 0.25) is 0 Å². The number of carbonyl (C=O) groups excluding carboxylic acids is 1. The summed E-state index contributed by atoms with van der Waals surface area (Å²) < 4.78 is 28.4. The number of hydrogen-bond donors (Lipinski definition) is 2. The third kappa shape index (κ3) is 4.89. The van der Waals surface area contributed by atoms with Gasteiger partial charge in [0.1, 0.15) is 0 Å². The molecule has 0 aliphatic carbocycles. The van der Waals surface area contributed by atoms with Crippen LogP contribution in [-0.2, 0) is 10.0 Å². The molecule has 0 radical (unpaired) electrons. The molecule has 0 aromatic heterocycles. The Balaban J connectivity index is 1.86. The number of rotatable bonds is 6. The molecule has 0 spiro atoms. The Morgan fingerprint density at radius 3 is 2.30 bits per heavy atom. The molecule has 156 valence electrons. The van der Waals surface area contributed by atoms with Crippen molar-refractivity contribution in [2.24, 2.45) is 0 Å². The Hall–Kier alpha value is -3.12. The maximum absolute atomic E-state index is 12.9. The molecule has 0 aliphatic heterocycles. The number of nitrogens with one attached hydrogen (secondary N) is 2. The van der Waals surface area contributed by atoms with Gasteiger partial charge in [0.05, 0.1) is 10.6 Å². The monoisotopic (exact) mass is 422 g/mol. The molecule has 0 bridgehead atoms. The average molecular weight is 423 g/mol. The van der Waals surface area contributed by atoms with E-state index in [1.165, 1.54) is 12.1 Å². The smallest absolute Gasteiger partial charge is 0.261 e. The summed E-state index contributed by atoms with van der Waals surface area (Å²) in [6, 6.07) is 19.1. The summed E-state index contributed by atoms with van der Waals surface area (Å²) in [6.45, 7) is 7.90. The summed E-state index contributed by atoms with van der Waals surface area (Å²) in [4.78, 5) is 12.8. The van der Waals surface area contributed by atoms with E-state index < -0.39 is 10.0 Å².